The molecular weight excluding hydrogens is 341 g/mol. The maximum absolute atomic E-state index is 5.71. The van der Waals surface area contributed by atoms with E-state index in [-0.39, 0.29) is 0 Å². The molecule has 0 spiro atoms. The van der Waals surface area contributed by atoms with Crippen LogP contribution in [-0.2, 0) is 0 Å². The molecule has 0 aromatic carbocycles. The molecule has 0 aliphatic carbocycles. The summed E-state index contributed by atoms with van der Waals surface area (Å²) in [5.41, 5.74) is 9.49. The Bertz CT molecular complexity index is 327. The molecule has 0 saturated carbocycles. The first-order valence-corrected chi connectivity index (χ1v) is 8.64. The van der Waals surface area contributed by atoms with Crippen LogP contribution in [0.15, 0.2) is 47.2 Å². The fourth-order valence-electron chi connectivity index (χ4n) is 1.35. The van der Waals surface area contributed by atoms with E-state index in [1.807, 2.05) is 11.8 Å². The summed E-state index contributed by atoms with van der Waals surface area (Å²) in [7, 11) is 0. The van der Waals surface area contributed by atoms with E-state index in [2.05, 4.69) is 67.0 Å². The van der Waals surface area contributed by atoms with E-state index in [1.165, 1.54) is 11.1 Å². The van der Waals surface area contributed by atoms with Gasteiger partial charge in [0.25, 0.3) is 0 Å². The van der Waals surface area contributed by atoms with Crippen LogP contribution < -0.4 is 5.73 Å². The highest BCUT2D eigenvalue weighted by atomic mass is 127. The van der Waals surface area contributed by atoms with Gasteiger partial charge in [-0.3, -0.25) is 0 Å². The Hall–Kier alpha value is -0.160. The van der Waals surface area contributed by atoms with Crippen molar-refractivity contribution in [1.29, 1.82) is 0 Å². The zero-order chi connectivity index (χ0) is 13.1. The normalized spacial score (nSPS) is 14.7. The molecule has 96 valence electrons. The molecule has 0 atom stereocenters. The monoisotopic (exact) mass is 363 g/mol. The number of hydrogen-bond donors (Lipinski definition) is 1. The molecule has 3 heteroatoms. The second kappa shape index (κ2) is 11.0. The Morgan fingerprint density at radius 3 is 2.53 bits per heavy atom. The molecule has 0 aliphatic heterocycles. The first kappa shape index (κ1) is 16.8. The van der Waals surface area contributed by atoms with Crippen molar-refractivity contribution in [2.24, 2.45) is 5.73 Å². The van der Waals surface area contributed by atoms with Crippen LogP contribution in [0.3, 0.4) is 0 Å². The number of thioether (sulfide) groups is 1. The van der Waals surface area contributed by atoms with Crippen LogP contribution in [-0.4, -0.2) is 16.4 Å². The molecule has 17 heavy (non-hydrogen) atoms. The molecule has 0 radical (unpaired) electrons. The third-order valence-electron chi connectivity index (χ3n) is 2.38. The summed E-state index contributed by atoms with van der Waals surface area (Å²) >= 11 is 4.19. The van der Waals surface area contributed by atoms with Gasteiger partial charge in [0, 0.05) is 16.4 Å². The molecule has 0 bridgehead atoms. The molecule has 0 saturated heterocycles. The lowest BCUT2D eigenvalue weighted by molar-refractivity contribution is 1.11. The largest absolute Gasteiger partial charge is 0.404 e. The van der Waals surface area contributed by atoms with E-state index in [4.69, 9.17) is 5.73 Å². The lowest BCUT2D eigenvalue weighted by atomic mass is 10.0. The molecule has 0 aromatic rings. The Morgan fingerprint density at radius 2 is 2.12 bits per heavy atom. The zero-order valence-corrected chi connectivity index (χ0v) is 13.8. The van der Waals surface area contributed by atoms with Gasteiger partial charge in [-0.1, -0.05) is 53.8 Å². The molecule has 0 unspecified atom stereocenters. The highest BCUT2D eigenvalue weighted by molar-refractivity contribution is 14.1. The minimum Gasteiger partial charge on any atom is -0.404 e. The average molecular weight is 363 g/mol. The summed E-state index contributed by atoms with van der Waals surface area (Å²) in [6, 6.07) is 0. The number of halogens is 1. The van der Waals surface area contributed by atoms with Gasteiger partial charge in [0.05, 0.1) is 0 Å². The molecule has 0 amide bonds. The molecule has 0 rings (SSSR count). The summed E-state index contributed by atoms with van der Waals surface area (Å²) in [6.07, 6.45) is 13.5. The lowest BCUT2D eigenvalue weighted by Gasteiger charge is -2.07. The Balaban J connectivity index is 4.95. The molecule has 0 heterocycles. The van der Waals surface area contributed by atoms with Gasteiger partial charge < -0.3 is 5.73 Å². The van der Waals surface area contributed by atoms with Crippen LogP contribution in [0, 0.1) is 0 Å². The average Bonchev–Trinajstić information content (AvgIpc) is 2.37. The Labute approximate surface area is 123 Å². The van der Waals surface area contributed by atoms with Crippen molar-refractivity contribution in [2.45, 2.75) is 20.3 Å². The van der Waals surface area contributed by atoms with E-state index in [0.29, 0.717) is 0 Å². The van der Waals surface area contributed by atoms with Crippen molar-refractivity contribution in [3.05, 3.63) is 47.2 Å². The molecule has 0 aliphatic rings. The third kappa shape index (κ3) is 6.99. The summed E-state index contributed by atoms with van der Waals surface area (Å²) in [5, 5.41) is 0. The number of nitrogens with two attached hydrogens (primary N) is 1. The van der Waals surface area contributed by atoms with Gasteiger partial charge in [0.2, 0.25) is 0 Å². The zero-order valence-electron chi connectivity index (χ0n) is 10.9. The number of hydrogen-bond acceptors (Lipinski definition) is 2. The van der Waals surface area contributed by atoms with Crippen LogP contribution >= 0.6 is 34.4 Å². The summed E-state index contributed by atoms with van der Waals surface area (Å²) in [6.45, 7) is 4.24. The van der Waals surface area contributed by atoms with Crippen molar-refractivity contribution in [2.75, 3.05) is 16.4 Å². The van der Waals surface area contributed by atoms with Gasteiger partial charge in [-0.25, -0.2) is 0 Å². The Kier molecular flexibility index (Phi) is 10.9. The highest BCUT2D eigenvalue weighted by Gasteiger charge is 2.00. The molecule has 1 nitrogen and oxygen atoms in total. The predicted octanol–water partition coefficient (Wildman–Crippen LogP) is 4.47. The van der Waals surface area contributed by atoms with Gasteiger partial charge in [0.15, 0.2) is 0 Å². The number of allylic oxidation sites excluding steroid dienone is 6. The molecule has 2 N–H and O–H groups in total. The van der Waals surface area contributed by atoms with Crippen molar-refractivity contribution >= 4 is 34.4 Å². The van der Waals surface area contributed by atoms with E-state index in [1.54, 1.807) is 6.20 Å². The van der Waals surface area contributed by atoms with Crippen LogP contribution in [0.2, 0.25) is 0 Å². The second-order valence-corrected chi connectivity index (χ2v) is 5.17. The van der Waals surface area contributed by atoms with Crippen molar-refractivity contribution in [3.63, 3.8) is 0 Å². The van der Waals surface area contributed by atoms with Crippen LogP contribution in [0.5, 0.6) is 0 Å². The topological polar surface area (TPSA) is 26.0 Å². The van der Waals surface area contributed by atoms with E-state index in [0.717, 1.165) is 22.2 Å². The molecule has 0 fully saturated rings. The van der Waals surface area contributed by atoms with Gasteiger partial charge in [0.1, 0.15) is 0 Å². The van der Waals surface area contributed by atoms with E-state index >= 15 is 0 Å². The summed E-state index contributed by atoms with van der Waals surface area (Å²) in [4.78, 5) is 0. The summed E-state index contributed by atoms with van der Waals surface area (Å²) in [5.74, 6) is 1.02. The maximum atomic E-state index is 5.71. The fourth-order valence-corrected chi connectivity index (χ4v) is 2.30. The van der Waals surface area contributed by atoms with Crippen LogP contribution in [0.1, 0.15) is 20.3 Å². The smallest absolute Gasteiger partial charge is 0.0243 e. The maximum Gasteiger partial charge on any atom is 0.0243 e. The quantitative estimate of drug-likeness (QED) is 0.410. The first-order valence-electron chi connectivity index (χ1n) is 5.72. The second-order valence-electron chi connectivity index (χ2n) is 3.50. The number of rotatable bonds is 7. The minimum atomic E-state index is 1.00. The minimum absolute atomic E-state index is 1.00. The first-order chi connectivity index (χ1) is 8.23. The van der Waals surface area contributed by atoms with E-state index in [9.17, 15) is 0 Å². The van der Waals surface area contributed by atoms with Crippen LogP contribution in [0.25, 0.3) is 0 Å². The lowest BCUT2D eigenvalue weighted by Crippen LogP contribution is -1.93. The SMILES string of the molecule is C\C=C(/C=C(CC)/C(/C=C\CSC)=C/N)CI. The van der Waals surface area contributed by atoms with Gasteiger partial charge in [-0.15, -0.1) is 0 Å². The third-order valence-corrected chi connectivity index (χ3v) is 3.78. The van der Waals surface area contributed by atoms with Gasteiger partial charge in [-0.2, -0.15) is 11.8 Å². The molecule has 0 aromatic heterocycles. The molecular formula is C14H22INS. The van der Waals surface area contributed by atoms with Crippen LogP contribution in [0.4, 0.5) is 0 Å². The fraction of sp³-hybridized carbons (Fsp3) is 0.429. The van der Waals surface area contributed by atoms with Gasteiger partial charge >= 0.3 is 0 Å². The summed E-state index contributed by atoms with van der Waals surface area (Å²) < 4.78 is 1.03. The predicted molar refractivity (Wildman–Crippen MR) is 90.8 cm³/mol. The van der Waals surface area contributed by atoms with Crippen molar-refractivity contribution < 1.29 is 0 Å². The Morgan fingerprint density at radius 1 is 1.41 bits per heavy atom. The standard InChI is InChI=1S/C14H22INS/c1-4-12(10-15)9-13(5-2)14(11-16)7-6-8-17-3/h4,6-7,9,11H,5,8,10,16H2,1-3H3/b7-6-,12-4+,13-9+,14-11+. The van der Waals surface area contributed by atoms with Gasteiger partial charge in [-0.05, 0) is 36.3 Å². The highest BCUT2D eigenvalue weighted by Crippen LogP contribution is 2.18. The van der Waals surface area contributed by atoms with Crippen molar-refractivity contribution in [1.82, 2.24) is 0 Å². The number of alkyl halides is 1. The van der Waals surface area contributed by atoms with E-state index < -0.39 is 0 Å². The van der Waals surface area contributed by atoms with Crippen molar-refractivity contribution in [3.8, 4) is 0 Å².